The van der Waals surface area contributed by atoms with Crippen LogP contribution in [-0.2, 0) is 13.5 Å². The number of aliphatic hydroxyl groups excluding tert-OH is 1. The topological polar surface area (TPSA) is 77.0 Å². The first-order valence-corrected chi connectivity index (χ1v) is 7.19. The van der Waals surface area contributed by atoms with Crippen LogP contribution in [0.5, 0.6) is 0 Å². The third-order valence-corrected chi connectivity index (χ3v) is 3.65. The molecule has 0 radical (unpaired) electrons. The molecule has 0 saturated heterocycles. The van der Waals surface area contributed by atoms with Gasteiger partial charge in [-0.25, -0.2) is 0 Å². The smallest absolute Gasteiger partial charge is 0.234 e. The predicted octanol–water partition coefficient (Wildman–Crippen LogP) is 2.16. The Morgan fingerprint density at radius 2 is 2.05 bits per heavy atom. The summed E-state index contributed by atoms with van der Waals surface area (Å²) in [6.45, 7) is 2.16. The maximum atomic E-state index is 8.93. The minimum atomic E-state index is 0.00334. The van der Waals surface area contributed by atoms with E-state index in [0.29, 0.717) is 18.1 Å². The Morgan fingerprint density at radius 1 is 1.27 bits per heavy atom. The van der Waals surface area contributed by atoms with E-state index < -0.39 is 0 Å². The standard InChI is InChI=1S/C16H18N4O2/c1-11(14-9-17-20(2)10-14)16-18-15(19-22-16)13-5-3-12(4-6-13)7-8-21/h3-6,9-11,21H,7-8H2,1-2H3. The molecule has 114 valence electrons. The Hall–Kier alpha value is -2.47. The zero-order chi connectivity index (χ0) is 15.5. The van der Waals surface area contributed by atoms with Gasteiger partial charge in [0.15, 0.2) is 0 Å². The van der Waals surface area contributed by atoms with Crippen molar-refractivity contribution < 1.29 is 9.63 Å². The van der Waals surface area contributed by atoms with Gasteiger partial charge in [0.25, 0.3) is 0 Å². The molecule has 0 spiro atoms. The van der Waals surface area contributed by atoms with Crippen molar-refractivity contribution in [3.8, 4) is 11.4 Å². The first-order valence-electron chi connectivity index (χ1n) is 7.19. The molecule has 6 heteroatoms. The fraction of sp³-hybridized carbons (Fsp3) is 0.312. The lowest BCUT2D eigenvalue weighted by Crippen LogP contribution is -1.95. The second-order valence-electron chi connectivity index (χ2n) is 5.30. The Balaban J connectivity index is 1.81. The molecule has 1 aromatic carbocycles. The maximum absolute atomic E-state index is 8.93. The first-order chi connectivity index (χ1) is 10.7. The van der Waals surface area contributed by atoms with E-state index in [9.17, 15) is 0 Å². The third kappa shape index (κ3) is 2.92. The van der Waals surface area contributed by atoms with E-state index in [1.165, 1.54) is 0 Å². The Bertz CT molecular complexity index is 746. The van der Waals surface area contributed by atoms with Crippen LogP contribution < -0.4 is 0 Å². The van der Waals surface area contributed by atoms with Gasteiger partial charge in [0.05, 0.1) is 12.1 Å². The molecule has 0 bridgehead atoms. The fourth-order valence-corrected chi connectivity index (χ4v) is 2.28. The van der Waals surface area contributed by atoms with E-state index in [1.807, 2.05) is 44.4 Å². The van der Waals surface area contributed by atoms with Crippen molar-refractivity contribution in [3.63, 3.8) is 0 Å². The van der Waals surface area contributed by atoms with Gasteiger partial charge in [-0.2, -0.15) is 10.1 Å². The van der Waals surface area contributed by atoms with Crippen molar-refractivity contribution in [3.05, 3.63) is 53.7 Å². The van der Waals surface area contributed by atoms with Crippen LogP contribution in [0, 0.1) is 0 Å². The molecule has 22 heavy (non-hydrogen) atoms. The number of nitrogens with zero attached hydrogens (tertiary/aromatic N) is 4. The van der Waals surface area contributed by atoms with E-state index in [2.05, 4.69) is 15.2 Å². The van der Waals surface area contributed by atoms with Gasteiger partial charge in [-0.05, 0) is 18.9 Å². The fourth-order valence-electron chi connectivity index (χ4n) is 2.28. The summed E-state index contributed by atoms with van der Waals surface area (Å²) >= 11 is 0. The zero-order valence-electron chi connectivity index (χ0n) is 12.6. The van der Waals surface area contributed by atoms with Gasteiger partial charge in [0.2, 0.25) is 11.7 Å². The van der Waals surface area contributed by atoms with E-state index in [0.717, 1.165) is 16.7 Å². The number of rotatable bonds is 5. The first kappa shape index (κ1) is 14.5. The Labute approximate surface area is 128 Å². The average molecular weight is 298 g/mol. The van der Waals surface area contributed by atoms with Crippen molar-refractivity contribution in [1.29, 1.82) is 0 Å². The van der Waals surface area contributed by atoms with Crippen LogP contribution in [0.2, 0.25) is 0 Å². The summed E-state index contributed by atoms with van der Waals surface area (Å²) in [4.78, 5) is 4.48. The van der Waals surface area contributed by atoms with Crippen LogP contribution in [0.25, 0.3) is 11.4 Å². The van der Waals surface area contributed by atoms with Crippen LogP contribution >= 0.6 is 0 Å². The molecule has 0 aliphatic rings. The Kier molecular flexibility index (Phi) is 4.02. The van der Waals surface area contributed by atoms with E-state index in [1.54, 1.807) is 10.9 Å². The molecule has 0 fully saturated rings. The van der Waals surface area contributed by atoms with E-state index in [4.69, 9.17) is 9.63 Å². The second-order valence-corrected chi connectivity index (χ2v) is 5.30. The lowest BCUT2D eigenvalue weighted by molar-refractivity contribution is 0.299. The molecule has 0 amide bonds. The zero-order valence-corrected chi connectivity index (χ0v) is 12.6. The molecule has 2 heterocycles. The average Bonchev–Trinajstić information content (AvgIpc) is 3.17. The highest BCUT2D eigenvalue weighted by molar-refractivity contribution is 5.54. The van der Waals surface area contributed by atoms with Crippen LogP contribution in [-0.4, -0.2) is 31.6 Å². The molecule has 2 aromatic heterocycles. The number of aliphatic hydroxyl groups is 1. The number of aromatic nitrogens is 4. The molecule has 1 atom stereocenters. The number of aryl methyl sites for hydroxylation is 1. The largest absolute Gasteiger partial charge is 0.396 e. The van der Waals surface area contributed by atoms with E-state index in [-0.39, 0.29) is 12.5 Å². The SMILES string of the molecule is CC(c1cnn(C)c1)c1nc(-c2ccc(CCO)cc2)no1. The van der Waals surface area contributed by atoms with E-state index >= 15 is 0 Å². The van der Waals surface area contributed by atoms with Gasteiger partial charge in [-0.3, -0.25) is 4.68 Å². The van der Waals surface area contributed by atoms with Crippen molar-refractivity contribution >= 4 is 0 Å². The number of benzene rings is 1. The summed E-state index contributed by atoms with van der Waals surface area (Å²) in [6, 6.07) is 7.81. The monoisotopic (exact) mass is 298 g/mol. The predicted molar refractivity (Wildman–Crippen MR) is 81.2 cm³/mol. The summed E-state index contributed by atoms with van der Waals surface area (Å²) in [6.07, 6.45) is 4.40. The Morgan fingerprint density at radius 3 is 2.68 bits per heavy atom. The van der Waals surface area contributed by atoms with Gasteiger partial charge in [-0.1, -0.05) is 29.4 Å². The van der Waals surface area contributed by atoms with Crippen LogP contribution in [0.3, 0.4) is 0 Å². The molecule has 0 saturated carbocycles. The molecule has 3 aromatic rings. The summed E-state index contributed by atoms with van der Waals surface area (Å²) in [5.74, 6) is 1.15. The highest BCUT2D eigenvalue weighted by Crippen LogP contribution is 2.24. The van der Waals surface area contributed by atoms with Crippen LogP contribution in [0.4, 0.5) is 0 Å². The highest BCUT2D eigenvalue weighted by Gasteiger charge is 2.18. The van der Waals surface area contributed by atoms with Crippen LogP contribution in [0.15, 0.2) is 41.2 Å². The van der Waals surface area contributed by atoms with Gasteiger partial charge in [0.1, 0.15) is 0 Å². The van der Waals surface area contributed by atoms with Gasteiger partial charge in [0, 0.05) is 31.0 Å². The van der Waals surface area contributed by atoms with Gasteiger partial charge >= 0.3 is 0 Å². The summed E-state index contributed by atoms with van der Waals surface area (Å²) in [7, 11) is 1.88. The third-order valence-electron chi connectivity index (χ3n) is 3.65. The lowest BCUT2D eigenvalue weighted by Gasteiger charge is -2.01. The molecule has 0 aliphatic heterocycles. The molecule has 1 N–H and O–H groups in total. The normalized spacial score (nSPS) is 12.5. The molecule has 6 nitrogen and oxygen atoms in total. The van der Waals surface area contributed by atoms with Gasteiger partial charge < -0.3 is 9.63 Å². The highest BCUT2D eigenvalue weighted by atomic mass is 16.5. The van der Waals surface area contributed by atoms with Gasteiger partial charge in [-0.15, -0.1) is 0 Å². The lowest BCUT2D eigenvalue weighted by atomic mass is 10.1. The molecule has 0 aliphatic carbocycles. The van der Waals surface area contributed by atoms with Crippen molar-refractivity contribution in [2.24, 2.45) is 7.05 Å². The minimum absolute atomic E-state index is 0.00334. The molecule has 3 rings (SSSR count). The quantitative estimate of drug-likeness (QED) is 0.781. The minimum Gasteiger partial charge on any atom is -0.396 e. The second kappa shape index (κ2) is 6.11. The van der Waals surface area contributed by atoms with Crippen molar-refractivity contribution in [1.82, 2.24) is 19.9 Å². The van der Waals surface area contributed by atoms with Crippen molar-refractivity contribution in [2.45, 2.75) is 19.3 Å². The summed E-state index contributed by atoms with van der Waals surface area (Å²) in [5, 5.41) is 17.1. The van der Waals surface area contributed by atoms with Crippen LogP contribution in [0.1, 0.15) is 29.9 Å². The van der Waals surface area contributed by atoms with Crippen molar-refractivity contribution in [2.75, 3.05) is 6.61 Å². The number of hydrogen-bond donors (Lipinski definition) is 1. The number of hydrogen-bond acceptors (Lipinski definition) is 5. The molecule has 1 unspecified atom stereocenters. The summed E-state index contributed by atoms with van der Waals surface area (Å²) < 4.78 is 7.14. The molecular formula is C16H18N4O2. The maximum Gasteiger partial charge on any atom is 0.234 e. The summed E-state index contributed by atoms with van der Waals surface area (Å²) in [5.41, 5.74) is 3.02. The molecular weight excluding hydrogens is 280 g/mol.